The predicted molar refractivity (Wildman–Crippen MR) is 58.2 cm³/mol. The molecule has 1 atom stereocenters. The molecule has 0 saturated heterocycles. The Morgan fingerprint density at radius 2 is 1.75 bits per heavy atom. The molecule has 1 aromatic heterocycles. The number of aromatic amines is 2. The first-order chi connectivity index (χ1) is 7.66. The number of nitrogens with one attached hydrogen (secondary N) is 2. The monoisotopic (exact) mass is 218 g/mol. The second-order valence-corrected chi connectivity index (χ2v) is 3.36. The minimum Gasteiger partial charge on any atom is -0.382 e. The molecule has 5 nitrogen and oxygen atoms in total. The van der Waals surface area contributed by atoms with Crippen molar-refractivity contribution in [3.8, 4) is 0 Å². The number of rotatable bonds is 2. The third-order valence-electron chi connectivity index (χ3n) is 2.19. The van der Waals surface area contributed by atoms with Crippen molar-refractivity contribution in [3.63, 3.8) is 0 Å². The maximum absolute atomic E-state index is 11.1. The summed E-state index contributed by atoms with van der Waals surface area (Å²) in [6, 6.07) is 9.94. The Morgan fingerprint density at radius 3 is 2.38 bits per heavy atom. The van der Waals surface area contributed by atoms with Gasteiger partial charge in [-0.05, 0) is 5.56 Å². The van der Waals surface area contributed by atoms with Crippen LogP contribution in [0.1, 0.15) is 17.4 Å². The first-order valence-corrected chi connectivity index (χ1v) is 4.73. The smallest absolute Gasteiger partial charge is 0.325 e. The standard InChI is InChI=1S/C11H10N2O3/c14-9-6-8(12-11(16)13-9)10(15)7-4-2-1-3-5-7/h1-6,10,15H,(H2,12,13,14,16). The van der Waals surface area contributed by atoms with E-state index >= 15 is 0 Å². The maximum Gasteiger partial charge on any atom is 0.325 e. The predicted octanol–water partition coefficient (Wildman–Crippen LogP) is 0.145. The molecule has 1 unspecified atom stereocenters. The van der Waals surface area contributed by atoms with Crippen molar-refractivity contribution in [3.05, 3.63) is 68.5 Å². The SMILES string of the molecule is O=c1cc(C(O)c2ccccc2)[nH]c(=O)[nH]1. The summed E-state index contributed by atoms with van der Waals surface area (Å²) in [6.07, 6.45) is -1.00. The fraction of sp³-hybridized carbons (Fsp3) is 0.0909. The van der Waals surface area contributed by atoms with Gasteiger partial charge in [-0.25, -0.2) is 4.79 Å². The fourth-order valence-electron chi connectivity index (χ4n) is 1.45. The molecule has 2 rings (SSSR count). The van der Waals surface area contributed by atoms with E-state index in [0.29, 0.717) is 5.56 Å². The number of H-pyrrole nitrogens is 2. The molecule has 1 heterocycles. The molecule has 0 spiro atoms. The summed E-state index contributed by atoms with van der Waals surface area (Å²) in [5, 5.41) is 9.92. The zero-order valence-corrected chi connectivity index (χ0v) is 8.31. The summed E-state index contributed by atoms with van der Waals surface area (Å²) in [5.41, 5.74) is -0.366. The van der Waals surface area contributed by atoms with Crippen LogP contribution in [0.15, 0.2) is 46.0 Å². The van der Waals surface area contributed by atoms with E-state index in [9.17, 15) is 14.7 Å². The van der Waals surface area contributed by atoms with Crippen molar-refractivity contribution in [2.45, 2.75) is 6.10 Å². The zero-order valence-electron chi connectivity index (χ0n) is 8.31. The molecule has 1 aromatic carbocycles. The van der Waals surface area contributed by atoms with Gasteiger partial charge in [-0.15, -0.1) is 0 Å². The topological polar surface area (TPSA) is 85.9 Å². The number of aliphatic hydroxyl groups is 1. The molecular weight excluding hydrogens is 208 g/mol. The molecule has 0 bridgehead atoms. The lowest BCUT2D eigenvalue weighted by molar-refractivity contribution is 0.214. The van der Waals surface area contributed by atoms with Crippen molar-refractivity contribution in [2.24, 2.45) is 0 Å². The van der Waals surface area contributed by atoms with Crippen LogP contribution in [0.3, 0.4) is 0 Å². The quantitative estimate of drug-likeness (QED) is 0.670. The van der Waals surface area contributed by atoms with E-state index in [-0.39, 0.29) is 5.69 Å². The molecule has 3 N–H and O–H groups in total. The lowest BCUT2D eigenvalue weighted by Gasteiger charge is -2.09. The lowest BCUT2D eigenvalue weighted by Crippen LogP contribution is -2.24. The summed E-state index contributed by atoms with van der Waals surface area (Å²) < 4.78 is 0. The van der Waals surface area contributed by atoms with Crippen molar-refractivity contribution in [1.29, 1.82) is 0 Å². The van der Waals surface area contributed by atoms with E-state index < -0.39 is 17.4 Å². The number of aliphatic hydroxyl groups excluding tert-OH is 1. The van der Waals surface area contributed by atoms with Crippen molar-refractivity contribution >= 4 is 0 Å². The second kappa shape index (κ2) is 4.16. The van der Waals surface area contributed by atoms with Crippen molar-refractivity contribution < 1.29 is 5.11 Å². The molecule has 0 saturated carbocycles. The van der Waals surface area contributed by atoms with Gasteiger partial charge < -0.3 is 10.1 Å². The fourth-order valence-corrected chi connectivity index (χ4v) is 1.45. The van der Waals surface area contributed by atoms with E-state index in [1.54, 1.807) is 24.3 Å². The Morgan fingerprint density at radius 1 is 1.06 bits per heavy atom. The Hall–Kier alpha value is -2.14. The highest BCUT2D eigenvalue weighted by molar-refractivity contribution is 5.24. The summed E-state index contributed by atoms with van der Waals surface area (Å²) in [7, 11) is 0. The van der Waals surface area contributed by atoms with Gasteiger partial charge in [0.1, 0.15) is 6.10 Å². The summed E-state index contributed by atoms with van der Waals surface area (Å²) in [4.78, 5) is 26.5. The molecule has 0 fully saturated rings. The first-order valence-electron chi connectivity index (χ1n) is 4.73. The molecule has 0 aliphatic heterocycles. The molecule has 0 aliphatic carbocycles. The van der Waals surface area contributed by atoms with Crippen LogP contribution < -0.4 is 11.2 Å². The van der Waals surface area contributed by atoms with Crippen molar-refractivity contribution in [1.82, 2.24) is 9.97 Å². The third kappa shape index (κ3) is 2.09. The molecule has 16 heavy (non-hydrogen) atoms. The molecule has 0 aliphatic rings. The number of hydrogen-bond acceptors (Lipinski definition) is 3. The second-order valence-electron chi connectivity index (χ2n) is 3.36. The lowest BCUT2D eigenvalue weighted by atomic mass is 10.1. The van der Waals surface area contributed by atoms with Crippen LogP contribution in [0.4, 0.5) is 0 Å². The molecule has 5 heteroatoms. The van der Waals surface area contributed by atoms with Gasteiger partial charge in [0.25, 0.3) is 5.56 Å². The normalized spacial score (nSPS) is 12.3. The average molecular weight is 218 g/mol. The van der Waals surface area contributed by atoms with Crippen LogP contribution in [0, 0.1) is 0 Å². The van der Waals surface area contributed by atoms with E-state index in [1.807, 2.05) is 11.1 Å². The Bertz CT molecular complexity index is 558. The van der Waals surface area contributed by atoms with Gasteiger partial charge in [-0.2, -0.15) is 0 Å². The van der Waals surface area contributed by atoms with Crippen LogP contribution in [-0.2, 0) is 0 Å². The summed E-state index contributed by atoms with van der Waals surface area (Å²) in [6.45, 7) is 0. The van der Waals surface area contributed by atoms with E-state index in [0.717, 1.165) is 0 Å². The minimum atomic E-state index is -1.00. The highest BCUT2D eigenvalue weighted by Gasteiger charge is 2.11. The molecule has 2 aromatic rings. The van der Waals surface area contributed by atoms with Crippen LogP contribution >= 0.6 is 0 Å². The average Bonchev–Trinajstić information content (AvgIpc) is 2.28. The van der Waals surface area contributed by atoms with Crippen molar-refractivity contribution in [2.75, 3.05) is 0 Å². The number of benzene rings is 1. The summed E-state index contributed by atoms with van der Waals surface area (Å²) in [5.74, 6) is 0. The highest BCUT2D eigenvalue weighted by Crippen LogP contribution is 2.17. The van der Waals surface area contributed by atoms with Gasteiger partial charge in [0.15, 0.2) is 0 Å². The molecular formula is C11H10N2O3. The van der Waals surface area contributed by atoms with Gasteiger partial charge in [-0.1, -0.05) is 30.3 Å². The van der Waals surface area contributed by atoms with Crippen LogP contribution in [0.25, 0.3) is 0 Å². The van der Waals surface area contributed by atoms with E-state index in [1.165, 1.54) is 6.07 Å². The van der Waals surface area contributed by atoms with Crippen LogP contribution in [0.5, 0.6) is 0 Å². The van der Waals surface area contributed by atoms with Gasteiger partial charge >= 0.3 is 5.69 Å². The molecule has 0 radical (unpaired) electrons. The number of aromatic nitrogens is 2. The van der Waals surface area contributed by atoms with Gasteiger partial charge in [0.05, 0.1) is 5.69 Å². The molecule has 0 amide bonds. The third-order valence-corrected chi connectivity index (χ3v) is 2.19. The number of hydrogen-bond donors (Lipinski definition) is 3. The van der Waals surface area contributed by atoms with Gasteiger partial charge in [-0.3, -0.25) is 9.78 Å². The minimum absolute atomic E-state index is 0.181. The van der Waals surface area contributed by atoms with Gasteiger partial charge in [0.2, 0.25) is 0 Å². The Balaban J connectivity index is 2.45. The van der Waals surface area contributed by atoms with Crippen LogP contribution in [-0.4, -0.2) is 15.1 Å². The van der Waals surface area contributed by atoms with E-state index in [4.69, 9.17) is 0 Å². The first kappa shape index (κ1) is 10.4. The highest BCUT2D eigenvalue weighted by atomic mass is 16.3. The van der Waals surface area contributed by atoms with Crippen LogP contribution in [0.2, 0.25) is 0 Å². The maximum atomic E-state index is 11.1. The Labute approximate surface area is 90.4 Å². The zero-order chi connectivity index (χ0) is 11.5. The van der Waals surface area contributed by atoms with E-state index in [2.05, 4.69) is 4.98 Å². The molecule has 82 valence electrons. The Kier molecular flexibility index (Phi) is 2.70. The largest absolute Gasteiger partial charge is 0.382 e. The summed E-state index contributed by atoms with van der Waals surface area (Å²) >= 11 is 0. The van der Waals surface area contributed by atoms with Gasteiger partial charge in [0, 0.05) is 6.07 Å².